The molecule has 0 spiro atoms. The van der Waals surface area contributed by atoms with Crippen molar-refractivity contribution in [2.24, 2.45) is 11.8 Å². The molecule has 31 heavy (non-hydrogen) atoms. The summed E-state index contributed by atoms with van der Waals surface area (Å²) in [6.07, 6.45) is 4.27. The summed E-state index contributed by atoms with van der Waals surface area (Å²) in [5, 5.41) is 0. The van der Waals surface area contributed by atoms with Crippen molar-refractivity contribution in [3.05, 3.63) is 48.0 Å². The van der Waals surface area contributed by atoms with Crippen LogP contribution < -0.4 is 4.74 Å². The van der Waals surface area contributed by atoms with Crippen LogP contribution in [0.4, 0.5) is 0 Å². The minimum Gasteiger partial charge on any atom is -0.493 e. The Bertz CT molecular complexity index is 1000. The van der Waals surface area contributed by atoms with Gasteiger partial charge in [0.25, 0.3) is 0 Å². The van der Waals surface area contributed by atoms with E-state index in [-0.39, 0.29) is 16.8 Å². The first-order valence-electron chi connectivity index (χ1n) is 10.9. The number of ether oxygens (including phenoxy) is 2. The molecule has 0 heterocycles. The zero-order valence-electron chi connectivity index (χ0n) is 18.8. The number of esters is 1. The maximum Gasteiger partial charge on any atom is 0.313 e. The molecule has 0 radical (unpaired) electrons. The zero-order valence-corrected chi connectivity index (χ0v) is 19.6. The highest BCUT2D eigenvalue weighted by Gasteiger charge is 2.26. The molecule has 168 valence electrons. The Morgan fingerprint density at radius 3 is 2.32 bits per heavy atom. The number of benzene rings is 2. The molecule has 1 atom stereocenters. The van der Waals surface area contributed by atoms with Crippen molar-refractivity contribution in [1.29, 1.82) is 0 Å². The van der Waals surface area contributed by atoms with Gasteiger partial charge in [-0.2, -0.15) is 0 Å². The summed E-state index contributed by atoms with van der Waals surface area (Å²) in [7, 11) is -3.27. The van der Waals surface area contributed by atoms with Crippen LogP contribution in [0.2, 0.25) is 0 Å². The van der Waals surface area contributed by atoms with E-state index in [4.69, 9.17) is 9.47 Å². The second-order valence-electron chi connectivity index (χ2n) is 8.74. The van der Waals surface area contributed by atoms with Gasteiger partial charge in [-0.15, -0.1) is 0 Å². The topological polar surface area (TPSA) is 69.7 Å². The summed E-state index contributed by atoms with van der Waals surface area (Å²) < 4.78 is 35.1. The Hall–Kier alpha value is -2.34. The van der Waals surface area contributed by atoms with Crippen LogP contribution in [0, 0.1) is 11.8 Å². The molecule has 5 nitrogen and oxygen atoms in total. The number of carbonyl (C=O) groups is 1. The molecule has 6 heteroatoms. The molecule has 1 fully saturated rings. The summed E-state index contributed by atoms with van der Waals surface area (Å²) in [5.41, 5.74) is 2.59. The Kier molecular flexibility index (Phi) is 7.42. The molecule has 0 amide bonds. The Morgan fingerprint density at radius 1 is 1.10 bits per heavy atom. The molecular formula is C25H32O5S. The lowest BCUT2D eigenvalue weighted by atomic mass is 9.88. The van der Waals surface area contributed by atoms with E-state index < -0.39 is 9.84 Å². The highest BCUT2D eigenvalue weighted by Crippen LogP contribution is 2.37. The molecule has 1 saturated carbocycles. The minimum atomic E-state index is -3.27. The van der Waals surface area contributed by atoms with Gasteiger partial charge in [-0.25, -0.2) is 8.42 Å². The molecule has 0 aliphatic heterocycles. The fourth-order valence-corrected chi connectivity index (χ4v) is 4.20. The lowest BCUT2D eigenvalue weighted by molar-refractivity contribution is -0.145. The highest BCUT2D eigenvalue weighted by molar-refractivity contribution is 7.90. The predicted octanol–water partition coefficient (Wildman–Crippen LogP) is 5.24. The molecule has 1 aliphatic carbocycles. The Morgan fingerprint density at radius 2 is 1.77 bits per heavy atom. The van der Waals surface area contributed by atoms with Crippen molar-refractivity contribution in [2.75, 3.05) is 19.5 Å². The maximum absolute atomic E-state index is 12.7. The largest absolute Gasteiger partial charge is 0.493 e. The van der Waals surface area contributed by atoms with Gasteiger partial charge in [0, 0.05) is 11.8 Å². The molecule has 0 saturated heterocycles. The molecule has 2 aromatic rings. The van der Waals surface area contributed by atoms with E-state index in [1.165, 1.54) is 19.1 Å². The van der Waals surface area contributed by atoms with Crippen LogP contribution in [0.1, 0.15) is 51.5 Å². The van der Waals surface area contributed by atoms with Gasteiger partial charge in [0.2, 0.25) is 0 Å². The SMILES string of the molecule is CCOC(=O)C(CC(C)C)c1ccc(OCC2CC2)c(-c2ccc(S(C)(=O)=O)cc2)c1. The van der Waals surface area contributed by atoms with E-state index in [1.807, 2.05) is 25.1 Å². The van der Waals surface area contributed by atoms with E-state index in [9.17, 15) is 13.2 Å². The van der Waals surface area contributed by atoms with Crippen molar-refractivity contribution in [2.45, 2.75) is 50.8 Å². The van der Waals surface area contributed by atoms with Crippen LogP contribution in [0.15, 0.2) is 47.4 Å². The second kappa shape index (κ2) is 9.86. The van der Waals surface area contributed by atoms with Gasteiger partial charge in [-0.05, 0) is 73.4 Å². The van der Waals surface area contributed by atoms with E-state index in [0.717, 1.165) is 22.4 Å². The van der Waals surface area contributed by atoms with Crippen molar-refractivity contribution < 1.29 is 22.7 Å². The average Bonchev–Trinajstić information content (AvgIpc) is 3.54. The maximum atomic E-state index is 12.7. The summed E-state index contributed by atoms with van der Waals surface area (Å²) >= 11 is 0. The van der Waals surface area contributed by atoms with Gasteiger partial charge in [0.05, 0.1) is 24.0 Å². The quantitative estimate of drug-likeness (QED) is 0.469. The summed E-state index contributed by atoms with van der Waals surface area (Å²) in [6, 6.07) is 12.7. The van der Waals surface area contributed by atoms with Crippen LogP contribution in [0.25, 0.3) is 11.1 Å². The van der Waals surface area contributed by atoms with Crippen molar-refractivity contribution in [3.8, 4) is 16.9 Å². The van der Waals surface area contributed by atoms with Gasteiger partial charge in [-0.1, -0.05) is 32.0 Å². The molecule has 2 aromatic carbocycles. The predicted molar refractivity (Wildman–Crippen MR) is 122 cm³/mol. The number of rotatable bonds is 10. The molecule has 3 rings (SSSR count). The number of hydrogen-bond acceptors (Lipinski definition) is 5. The molecule has 1 unspecified atom stereocenters. The molecule has 0 bridgehead atoms. The average molecular weight is 445 g/mol. The number of carbonyl (C=O) groups excluding carboxylic acids is 1. The third-order valence-corrected chi connectivity index (χ3v) is 6.58. The van der Waals surface area contributed by atoms with E-state index >= 15 is 0 Å². The zero-order chi connectivity index (χ0) is 22.6. The van der Waals surface area contributed by atoms with Crippen molar-refractivity contribution in [1.82, 2.24) is 0 Å². The molecule has 0 aromatic heterocycles. The summed E-state index contributed by atoms with van der Waals surface area (Å²) in [4.78, 5) is 12.9. The van der Waals surface area contributed by atoms with Gasteiger partial charge in [-0.3, -0.25) is 4.79 Å². The van der Waals surface area contributed by atoms with Crippen molar-refractivity contribution >= 4 is 15.8 Å². The third-order valence-electron chi connectivity index (χ3n) is 5.45. The smallest absolute Gasteiger partial charge is 0.313 e. The van der Waals surface area contributed by atoms with Crippen LogP contribution >= 0.6 is 0 Å². The third kappa shape index (κ3) is 6.33. The summed E-state index contributed by atoms with van der Waals surface area (Å²) in [5.74, 6) is 1.11. The van der Waals surface area contributed by atoms with Gasteiger partial charge < -0.3 is 9.47 Å². The van der Waals surface area contributed by atoms with Crippen LogP contribution in [0.5, 0.6) is 5.75 Å². The van der Waals surface area contributed by atoms with Crippen LogP contribution in [-0.4, -0.2) is 33.9 Å². The number of hydrogen-bond donors (Lipinski definition) is 0. The van der Waals surface area contributed by atoms with Crippen LogP contribution in [0.3, 0.4) is 0 Å². The van der Waals surface area contributed by atoms with E-state index in [0.29, 0.717) is 31.5 Å². The first-order chi connectivity index (χ1) is 14.7. The molecular weight excluding hydrogens is 412 g/mol. The van der Waals surface area contributed by atoms with Crippen LogP contribution in [-0.2, 0) is 19.4 Å². The monoisotopic (exact) mass is 444 g/mol. The van der Waals surface area contributed by atoms with Crippen molar-refractivity contribution in [3.63, 3.8) is 0 Å². The number of sulfone groups is 1. The first kappa shape index (κ1) is 23.3. The normalized spacial score (nSPS) is 15.0. The standard InChI is InChI=1S/C25H32O5S/c1-5-29-25(26)23(14-17(2)3)20-10-13-24(30-16-18-6-7-18)22(15-20)19-8-11-21(12-9-19)31(4,27)28/h8-13,15,17-18,23H,5-7,14,16H2,1-4H3. The lowest BCUT2D eigenvalue weighted by Gasteiger charge is -2.20. The Labute approximate surface area is 185 Å². The van der Waals surface area contributed by atoms with Gasteiger partial charge in [0.1, 0.15) is 5.75 Å². The second-order valence-corrected chi connectivity index (χ2v) is 10.8. The Balaban J connectivity index is 2.01. The fourth-order valence-electron chi connectivity index (χ4n) is 3.57. The molecule has 0 N–H and O–H groups in total. The van der Waals surface area contributed by atoms with Gasteiger partial charge >= 0.3 is 5.97 Å². The minimum absolute atomic E-state index is 0.221. The molecule has 1 aliphatic rings. The lowest BCUT2D eigenvalue weighted by Crippen LogP contribution is -2.18. The first-order valence-corrected chi connectivity index (χ1v) is 12.8. The van der Waals surface area contributed by atoms with E-state index in [1.54, 1.807) is 24.3 Å². The van der Waals surface area contributed by atoms with Gasteiger partial charge in [0.15, 0.2) is 9.84 Å². The highest BCUT2D eigenvalue weighted by atomic mass is 32.2. The fraction of sp³-hybridized carbons (Fsp3) is 0.480. The summed E-state index contributed by atoms with van der Waals surface area (Å²) in [6.45, 7) is 7.00. The van der Waals surface area contributed by atoms with E-state index in [2.05, 4.69) is 13.8 Å².